The van der Waals surface area contributed by atoms with Crippen LogP contribution >= 0.6 is 11.8 Å². The molecule has 0 fully saturated rings. The summed E-state index contributed by atoms with van der Waals surface area (Å²) in [4.78, 5) is 4.44. The molecule has 0 spiro atoms. The van der Waals surface area contributed by atoms with Crippen molar-refractivity contribution >= 4 is 23.4 Å². The first-order valence-electron chi connectivity index (χ1n) is 4.30. The fourth-order valence-corrected chi connectivity index (χ4v) is 1.85. The maximum absolute atomic E-state index is 5.68. The van der Waals surface area contributed by atoms with E-state index in [4.69, 9.17) is 5.73 Å². The SMILES string of the molecule is CCc1cc2nnc(N)n2c(SC)n1. The Bertz CT molecular complexity index is 464. The van der Waals surface area contributed by atoms with E-state index in [0.717, 1.165) is 22.9 Å². The molecule has 0 radical (unpaired) electrons. The molecule has 14 heavy (non-hydrogen) atoms. The number of nitrogen functional groups attached to an aromatic ring is 1. The number of hydrogen-bond donors (Lipinski definition) is 1. The summed E-state index contributed by atoms with van der Waals surface area (Å²) in [5.41, 5.74) is 7.45. The van der Waals surface area contributed by atoms with E-state index >= 15 is 0 Å². The Kier molecular flexibility index (Phi) is 2.28. The summed E-state index contributed by atoms with van der Waals surface area (Å²) in [5, 5.41) is 8.62. The average molecular weight is 209 g/mol. The number of aromatic nitrogens is 4. The number of hydrogen-bond acceptors (Lipinski definition) is 5. The quantitative estimate of drug-likeness (QED) is 0.590. The van der Waals surface area contributed by atoms with Gasteiger partial charge in [-0.15, -0.1) is 10.2 Å². The highest BCUT2D eigenvalue weighted by Crippen LogP contribution is 2.17. The van der Waals surface area contributed by atoms with E-state index in [0.29, 0.717) is 5.95 Å². The van der Waals surface area contributed by atoms with Crippen molar-refractivity contribution in [3.63, 3.8) is 0 Å². The molecule has 0 atom stereocenters. The van der Waals surface area contributed by atoms with Gasteiger partial charge < -0.3 is 5.73 Å². The molecule has 5 nitrogen and oxygen atoms in total. The zero-order chi connectivity index (χ0) is 10.1. The molecule has 2 rings (SSSR count). The van der Waals surface area contributed by atoms with Gasteiger partial charge >= 0.3 is 0 Å². The second kappa shape index (κ2) is 3.45. The van der Waals surface area contributed by atoms with Crippen molar-refractivity contribution in [1.82, 2.24) is 19.6 Å². The lowest BCUT2D eigenvalue weighted by Crippen LogP contribution is -2.01. The van der Waals surface area contributed by atoms with Crippen LogP contribution in [0.4, 0.5) is 5.95 Å². The zero-order valence-corrected chi connectivity index (χ0v) is 8.88. The number of fused-ring (bicyclic) bond motifs is 1. The molecule has 0 aromatic carbocycles. The van der Waals surface area contributed by atoms with Crippen molar-refractivity contribution in [2.75, 3.05) is 12.0 Å². The van der Waals surface area contributed by atoms with Gasteiger partial charge in [0.15, 0.2) is 10.8 Å². The van der Waals surface area contributed by atoms with Crippen LogP contribution in [0.5, 0.6) is 0 Å². The molecule has 0 bridgehead atoms. The smallest absolute Gasteiger partial charge is 0.228 e. The van der Waals surface area contributed by atoms with Crippen LogP contribution in [0.3, 0.4) is 0 Å². The van der Waals surface area contributed by atoms with E-state index in [2.05, 4.69) is 22.1 Å². The summed E-state index contributed by atoms with van der Waals surface area (Å²) in [7, 11) is 0. The molecular formula is C8H11N5S. The largest absolute Gasteiger partial charge is 0.368 e. The second-order valence-electron chi connectivity index (χ2n) is 2.84. The Balaban J connectivity index is 2.76. The highest BCUT2D eigenvalue weighted by atomic mass is 32.2. The predicted octanol–water partition coefficient (Wildman–Crippen LogP) is 0.991. The Hall–Kier alpha value is -1.30. The van der Waals surface area contributed by atoms with Crippen molar-refractivity contribution in [1.29, 1.82) is 0 Å². The fraction of sp³-hybridized carbons (Fsp3) is 0.375. The van der Waals surface area contributed by atoms with Gasteiger partial charge in [-0.2, -0.15) is 0 Å². The molecule has 2 aromatic rings. The molecule has 2 N–H and O–H groups in total. The van der Waals surface area contributed by atoms with E-state index in [1.807, 2.05) is 12.3 Å². The summed E-state index contributed by atoms with van der Waals surface area (Å²) in [6.45, 7) is 2.06. The van der Waals surface area contributed by atoms with Crippen LogP contribution in [0.15, 0.2) is 11.2 Å². The second-order valence-corrected chi connectivity index (χ2v) is 3.61. The Morgan fingerprint density at radius 1 is 1.50 bits per heavy atom. The minimum Gasteiger partial charge on any atom is -0.368 e. The summed E-state index contributed by atoms with van der Waals surface area (Å²) in [6.07, 6.45) is 2.84. The molecular weight excluding hydrogens is 198 g/mol. The lowest BCUT2D eigenvalue weighted by Gasteiger charge is -2.03. The summed E-state index contributed by atoms with van der Waals surface area (Å²) >= 11 is 1.54. The van der Waals surface area contributed by atoms with Crippen molar-refractivity contribution in [2.24, 2.45) is 0 Å². The van der Waals surface area contributed by atoms with E-state index in [1.165, 1.54) is 11.8 Å². The van der Waals surface area contributed by atoms with E-state index in [9.17, 15) is 0 Å². The van der Waals surface area contributed by atoms with Crippen LogP contribution in [-0.4, -0.2) is 25.8 Å². The van der Waals surface area contributed by atoms with Crippen molar-refractivity contribution in [3.8, 4) is 0 Å². The lowest BCUT2D eigenvalue weighted by molar-refractivity contribution is 0.857. The van der Waals surface area contributed by atoms with Crippen LogP contribution in [0.2, 0.25) is 0 Å². The molecule has 0 amide bonds. The molecule has 2 heterocycles. The van der Waals surface area contributed by atoms with Gasteiger partial charge in [-0.25, -0.2) is 9.38 Å². The van der Waals surface area contributed by atoms with E-state index in [-0.39, 0.29) is 0 Å². The number of thioether (sulfide) groups is 1. The molecule has 74 valence electrons. The third-order valence-electron chi connectivity index (χ3n) is 1.98. The molecule has 6 heteroatoms. The number of anilines is 1. The van der Waals surface area contributed by atoms with Crippen LogP contribution in [0.25, 0.3) is 5.65 Å². The number of rotatable bonds is 2. The van der Waals surface area contributed by atoms with Crippen LogP contribution in [0.1, 0.15) is 12.6 Å². The molecule has 0 aliphatic heterocycles. The lowest BCUT2D eigenvalue weighted by atomic mass is 10.3. The van der Waals surface area contributed by atoms with Crippen LogP contribution in [-0.2, 0) is 6.42 Å². The summed E-state index contributed by atoms with van der Waals surface area (Å²) in [5.74, 6) is 0.388. The van der Waals surface area contributed by atoms with Gasteiger partial charge in [0, 0.05) is 11.8 Å². The molecule has 2 aromatic heterocycles. The van der Waals surface area contributed by atoms with Gasteiger partial charge in [0.05, 0.1) is 0 Å². The molecule has 0 aliphatic rings. The highest BCUT2D eigenvalue weighted by molar-refractivity contribution is 7.98. The Morgan fingerprint density at radius 2 is 2.29 bits per heavy atom. The fourth-order valence-electron chi connectivity index (χ4n) is 1.27. The molecule has 0 saturated carbocycles. The molecule has 0 aliphatic carbocycles. The van der Waals surface area contributed by atoms with Gasteiger partial charge in [0.25, 0.3) is 0 Å². The highest BCUT2D eigenvalue weighted by Gasteiger charge is 2.08. The molecule has 0 saturated heterocycles. The number of nitrogens with zero attached hydrogens (tertiary/aromatic N) is 4. The van der Waals surface area contributed by atoms with E-state index < -0.39 is 0 Å². The van der Waals surface area contributed by atoms with E-state index in [1.54, 1.807) is 4.40 Å². The zero-order valence-electron chi connectivity index (χ0n) is 8.06. The normalized spacial score (nSPS) is 11.0. The van der Waals surface area contributed by atoms with Crippen molar-refractivity contribution in [2.45, 2.75) is 18.5 Å². The van der Waals surface area contributed by atoms with Gasteiger partial charge in [0.1, 0.15) is 0 Å². The van der Waals surface area contributed by atoms with Crippen molar-refractivity contribution < 1.29 is 0 Å². The van der Waals surface area contributed by atoms with Gasteiger partial charge in [-0.1, -0.05) is 18.7 Å². The minimum atomic E-state index is 0.388. The standard InChI is InChI=1S/C8H11N5S/c1-3-5-4-6-11-12-7(9)13(6)8(10-5)14-2/h4H,3H2,1-2H3,(H2,9,12). The van der Waals surface area contributed by atoms with Crippen LogP contribution in [0, 0.1) is 0 Å². The maximum atomic E-state index is 5.68. The third-order valence-corrected chi connectivity index (χ3v) is 2.62. The van der Waals surface area contributed by atoms with Gasteiger partial charge in [0.2, 0.25) is 5.95 Å². The first-order valence-corrected chi connectivity index (χ1v) is 5.53. The first kappa shape index (κ1) is 9.26. The number of aryl methyl sites for hydroxylation is 1. The third kappa shape index (κ3) is 1.31. The topological polar surface area (TPSA) is 69.1 Å². The Morgan fingerprint density at radius 3 is 2.93 bits per heavy atom. The van der Waals surface area contributed by atoms with Gasteiger partial charge in [-0.05, 0) is 12.7 Å². The monoisotopic (exact) mass is 209 g/mol. The number of nitrogens with two attached hydrogens (primary N) is 1. The minimum absolute atomic E-state index is 0.388. The maximum Gasteiger partial charge on any atom is 0.228 e. The first-order chi connectivity index (χ1) is 6.76. The summed E-state index contributed by atoms with van der Waals surface area (Å²) in [6, 6.07) is 1.91. The van der Waals surface area contributed by atoms with Crippen molar-refractivity contribution in [3.05, 3.63) is 11.8 Å². The average Bonchev–Trinajstić information content (AvgIpc) is 2.59. The van der Waals surface area contributed by atoms with Gasteiger partial charge in [-0.3, -0.25) is 0 Å². The molecule has 0 unspecified atom stereocenters. The van der Waals surface area contributed by atoms with Crippen LogP contribution < -0.4 is 5.73 Å². The predicted molar refractivity (Wildman–Crippen MR) is 56.4 cm³/mol. The summed E-state index contributed by atoms with van der Waals surface area (Å²) < 4.78 is 1.75. The Labute approximate surface area is 85.7 Å².